The molecule has 22 heavy (non-hydrogen) atoms. The number of thioether (sulfide) groups is 1. The first-order valence-electron chi connectivity index (χ1n) is 7.61. The second-order valence-electron chi connectivity index (χ2n) is 5.63. The Morgan fingerprint density at radius 1 is 1.36 bits per heavy atom. The van der Waals surface area contributed by atoms with Gasteiger partial charge in [-0.2, -0.15) is 4.98 Å². The van der Waals surface area contributed by atoms with E-state index in [1.165, 1.54) is 16.7 Å². The quantitative estimate of drug-likeness (QED) is 0.679. The highest BCUT2D eigenvalue weighted by Crippen LogP contribution is 2.31. The van der Waals surface area contributed by atoms with Gasteiger partial charge >= 0.3 is 5.69 Å². The number of aliphatic hydroxyl groups is 1. The van der Waals surface area contributed by atoms with Crippen molar-refractivity contribution in [3.05, 3.63) is 57.1 Å². The van der Waals surface area contributed by atoms with Crippen LogP contribution in [0.3, 0.4) is 0 Å². The Bertz CT molecular complexity index is 740. The van der Waals surface area contributed by atoms with Gasteiger partial charge in [0.05, 0.1) is 13.2 Å². The summed E-state index contributed by atoms with van der Waals surface area (Å²) < 4.78 is 1.64. The van der Waals surface area contributed by atoms with Gasteiger partial charge in [-0.15, -0.1) is 11.8 Å². The molecule has 0 atom stereocenters. The second kappa shape index (κ2) is 6.67. The minimum Gasteiger partial charge on any atom is -0.395 e. The Morgan fingerprint density at radius 3 is 3.00 bits per heavy atom. The monoisotopic (exact) mass is 316 g/mol. The number of aryl methyl sites for hydroxylation is 1. The first-order chi connectivity index (χ1) is 10.7. The predicted molar refractivity (Wildman–Crippen MR) is 88.3 cm³/mol. The number of aromatic nitrogens is 2. The van der Waals surface area contributed by atoms with Crippen LogP contribution in [0.4, 0.5) is 0 Å². The Balaban J connectivity index is 1.87. The Labute approximate surface area is 134 Å². The Hall–Kier alpha value is -1.59. The highest BCUT2D eigenvalue weighted by molar-refractivity contribution is 7.98. The van der Waals surface area contributed by atoms with E-state index >= 15 is 0 Å². The maximum atomic E-state index is 12.2. The average molecular weight is 316 g/mol. The van der Waals surface area contributed by atoms with Crippen molar-refractivity contribution in [1.29, 1.82) is 0 Å². The summed E-state index contributed by atoms with van der Waals surface area (Å²) in [6.45, 7) is 2.40. The Morgan fingerprint density at radius 2 is 2.23 bits per heavy atom. The molecule has 1 aliphatic carbocycles. The average Bonchev–Trinajstić information content (AvgIpc) is 2.98. The van der Waals surface area contributed by atoms with Crippen molar-refractivity contribution in [2.75, 3.05) is 6.61 Å². The van der Waals surface area contributed by atoms with Crippen molar-refractivity contribution in [2.24, 2.45) is 0 Å². The van der Waals surface area contributed by atoms with Gasteiger partial charge in [-0.3, -0.25) is 4.57 Å². The molecule has 0 saturated heterocycles. The molecule has 0 radical (unpaired) electrons. The van der Waals surface area contributed by atoms with Crippen LogP contribution in [-0.2, 0) is 25.1 Å². The van der Waals surface area contributed by atoms with Crippen molar-refractivity contribution in [3.63, 3.8) is 0 Å². The zero-order chi connectivity index (χ0) is 15.5. The molecule has 2 aromatic rings. The molecule has 0 bridgehead atoms. The maximum absolute atomic E-state index is 12.2. The van der Waals surface area contributed by atoms with Crippen LogP contribution in [-0.4, -0.2) is 21.3 Å². The summed E-state index contributed by atoms with van der Waals surface area (Å²) in [7, 11) is 0. The van der Waals surface area contributed by atoms with E-state index in [-0.39, 0.29) is 12.3 Å². The lowest BCUT2D eigenvalue weighted by atomic mass is 10.2. The van der Waals surface area contributed by atoms with E-state index in [0.29, 0.717) is 6.54 Å². The van der Waals surface area contributed by atoms with E-state index in [4.69, 9.17) is 5.11 Å². The summed E-state index contributed by atoms with van der Waals surface area (Å²) in [5.74, 6) is 0.824. The zero-order valence-corrected chi connectivity index (χ0v) is 13.5. The smallest absolute Gasteiger partial charge is 0.348 e. The van der Waals surface area contributed by atoms with Crippen molar-refractivity contribution in [1.82, 2.24) is 9.55 Å². The molecule has 5 heteroatoms. The number of aliphatic hydroxyl groups excluding tert-OH is 1. The molecule has 1 aromatic heterocycles. The van der Waals surface area contributed by atoms with Gasteiger partial charge in [-0.05, 0) is 31.7 Å². The molecule has 0 saturated carbocycles. The highest BCUT2D eigenvalue weighted by Gasteiger charge is 2.21. The number of rotatable bonds is 5. The van der Waals surface area contributed by atoms with Gasteiger partial charge < -0.3 is 5.11 Å². The molecule has 0 fully saturated rings. The van der Waals surface area contributed by atoms with Crippen LogP contribution < -0.4 is 5.69 Å². The normalized spacial score (nSPS) is 13.4. The van der Waals surface area contributed by atoms with Gasteiger partial charge in [0, 0.05) is 17.0 Å². The fraction of sp³-hybridized carbons (Fsp3) is 0.412. The standard InChI is InChI=1S/C17H20N2O2S/c1-12-4-2-5-13(10-12)11-22-16-14-6-3-7-15(14)19(8-9-20)17(21)18-16/h2,4-5,10,20H,3,6-9,11H2,1H3. The lowest BCUT2D eigenvalue weighted by molar-refractivity contribution is 0.271. The lowest BCUT2D eigenvalue weighted by Gasteiger charge is -2.13. The summed E-state index contributed by atoms with van der Waals surface area (Å²) in [4.78, 5) is 16.4. The molecule has 1 aromatic carbocycles. The van der Waals surface area contributed by atoms with Gasteiger partial charge in [-0.25, -0.2) is 4.79 Å². The van der Waals surface area contributed by atoms with E-state index in [1.54, 1.807) is 16.3 Å². The number of hydrogen-bond acceptors (Lipinski definition) is 4. The fourth-order valence-electron chi connectivity index (χ4n) is 2.99. The van der Waals surface area contributed by atoms with E-state index in [0.717, 1.165) is 35.7 Å². The summed E-state index contributed by atoms with van der Waals surface area (Å²) in [5.41, 5.74) is 4.53. The topological polar surface area (TPSA) is 55.1 Å². The summed E-state index contributed by atoms with van der Waals surface area (Å²) in [6, 6.07) is 8.41. The number of fused-ring (bicyclic) bond motifs is 1. The summed E-state index contributed by atoms with van der Waals surface area (Å²) in [6.07, 6.45) is 2.94. The number of benzene rings is 1. The molecular weight excluding hydrogens is 296 g/mol. The van der Waals surface area contributed by atoms with Crippen molar-refractivity contribution in [2.45, 2.75) is 43.5 Å². The van der Waals surface area contributed by atoms with E-state index in [9.17, 15) is 4.79 Å². The number of hydrogen-bond donors (Lipinski definition) is 1. The third kappa shape index (κ3) is 3.10. The highest BCUT2D eigenvalue weighted by atomic mass is 32.2. The molecule has 0 spiro atoms. The zero-order valence-electron chi connectivity index (χ0n) is 12.7. The van der Waals surface area contributed by atoms with Gasteiger partial charge in [0.2, 0.25) is 0 Å². The maximum Gasteiger partial charge on any atom is 0.348 e. The first kappa shape index (κ1) is 15.3. The minimum absolute atomic E-state index is 0.0240. The number of nitrogens with zero attached hydrogens (tertiary/aromatic N) is 2. The van der Waals surface area contributed by atoms with Crippen LogP contribution >= 0.6 is 11.8 Å². The molecular formula is C17H20N2O2S. The van der Waals surface area contributed by atoms with Gasteiger partial charge in [0.1, 0.15) is 5.03 Å². The predicted octanol–water partition coefficient (Wildman–Crippen LogP) is 2.33. The molecule has 4 nitrogen and oxygen atoms in total. The fourth-order valence-corrected chi connectivity index (χ4v) is 4.01. The third-order valence-electron chi connectivity index (χ3n) is 3.98. The molecule has 0 unspecified atom stereocenters. The van der Waals surface area contributed by atoms with Crippen molar-refractivity contribution < 1.29 is 5.11 Å². The van der Waals surface area contributed by atoms with Gasteiger partial charge in [0.25, 0.3) is 0 Å². The molecule has 116 valence electrons. The summed E-state index contributed by atoms with van der Waals surface area (Å²) in [5, 5.41) is 10.00. The first-order valence-corrected chi connectivity index (χ1v) is 8.59. The van der Waals surface area contributed by atoms with Crippen molar-refractivity contribution >= 4 is 11.8 Å². The molecule has 0 amide bonds. The van der Waals surface area contributed by atoms with Crippen LogP contribution in [0.5, 0.6) is 0 Å². The van der Waals surface area contributed by atoms with E-state index in [1.807, 2.05) is 0 Å². The van der Waals surface area contributed by atoms with Crippen molar-refractivity contribution in [3.8, 4) is 0 Å². The molecule has 1 aliphatic rings. The van der Waals surface area contributed by atoms with E-state index in [2.05, 4.69) is 36.2 Å². The van der Waals surface area contributed by atoms with E-state index < -0.39 is 0 Å². The largest absolute Gasteiger partial charge is 0.395 e. The molecule has 1 N–H and O–H groups in total. The molecule has 0 aliphatic heterocycles. The van der Waals surface area contributed by atoms with Gasteiger partial charge in [0.15, 0.2) is 0 Å². The van der Waals surface area contributed by atoms with Crippen LogP contribution in [0.1, 0.15) is 28.8 Å². The van der Waals surface area contributed by atoms with Crippen LogP contribution in [0.25, 0.3) is 0 Å². The van der Waals surface area contributed by atoms with Crippen LogP contribution in [0.2, 0.25) is 0 Å². The lowest BCUT2D eigenvalue weighted by Crippen LogP contribution is -2.28. The summed E-state index contributed by atoms with van der Waals surface area (Å²) >= 11 is 1.64. The third-order valence-corrected chi connectivity index (χ3v) is 5.07. The minimum atomic E-state index is -0.235. The van der Waals surface area contributed by atoms with Gasteiger partial charge in [-0.1, -0.05) is 29.8 Å². The molecule has 1 heterocycles. The SMILES string of the molecule is Cc1cccc(CSc2nc(=O)n(CCO)c3c2CCC3)c1. The molecule has 3 rings (SSSR count). The Kier molecular flexibility index (Phi) is 4.64. The van der Waals surface area contributed by atoms with Crippen LogP contribution in [0, 0.1) is 6.92 Å². The van der Waals surface area contributed by atoms with Crippen LogP contribution in [0.15, 0.2) is 34.1 Å². The second-order valence-corrected chi connectivity index (χ2v) is 6.60.